The summed E-state index contributed by atoms with van der Waals surface area (Å²) in [4.78, 5) is 24.7. The van der Waals surface area contributed by atoms with Crippen molar-refractivity contribution in [1.82, 2.24) is 15.5 Å². The van der Waals surface area contributed by atoms with E-state index in [0.29, 0.717) is 13.0 Å². The van der Waals surface area contributed by atoms with Crippen molar-refractivity contribution in [3.8, 4) is 0 Å². The third-order valence-corrected chi connectivity index (χ3v) is 3.34. The molecular formula is C13H27N3O3. The van der Waals surface area contributed by atoms with Crippen LogP contribution in [0.4, 0.5) is 4.79 Å². The van der Waals surface area contributed by atoms with E-state index in [9.17, 15) is 9.59 Å². The Kier molecular flexibility index (Phi) is 7.44. The van der Waals surface area contributed by atoms with Gasteiger partial charge >= 0.3 is 12.0 Å². The van der Waals surface area contributed by atoms with E-state index in [-0.39, 0.29) is 5.54 Å². The number of urea groups is 1. The first-order valence-corrected chi connectivity index (χ1v) is 6.65. The highest BCUT2D eigenvalue weighted by Gasteiger charge is 2.23. The number of unbranched alkanes of at least 4 members (excludes halogenated alkanes) is 1. The summed E-state index contributed by atoms with van der Waals surface area (Å²) in [5.41, 5.74) is -0.181. The number of nitrogens with zero attached hydrogens (tertiary/aromatic N) is 1. The molecule has 0 radical (unpaired) electrons. The van der Waals surface area contributed by atoms with Crippen molar-refractivity contribution < 1.29 is 14.7 Å². The number of aliphatic carboxylic acids is 1. The highest BCUT2D eigenvalue weighted by Crippen LogP contribution is 2.07. The molecule has 6 nitrogen and oxygen atoms in total. The van der Waals surface area contributed by atoms with Gasteiger partial charge in [0.25, 0.3) is 0 Å². The molecule has 1 atom stereocenters. The molecule has 0 bridgehead atoms. The Labute approximate surface area is 115 Å². The largest absolute Gasteiger partial charge is 0.480 e. The molecule has 0 aromatic heterocycles. The zero-order chi connectivity index (χ0) is 15.1. The van der Waals surface area contributed by atoms with Crippen molar-refractivity contribution in [2.75, 3.05) is 20.6 Å². The Balaban J connectivity index is 4.24. The first-order chi connectivity index (χ1) is 8.70. The molecule has 0 spiro atoms. The van der Waals surface area contributed by atoms with E-state index < -0.39 is 18.0 Å². The highest BCUT2D eigenvalue weighted by atomic mass is 16.4. The van der Waals surface area contributed by atoms with Crippen LogP contribution in [0.2, 0.25) is 0 Å². The lowest BCUT2D eigenvalue weighted by atomic mass is 10.0. The second-order valence-corrected chi connectivity index (χ2v) is 5.57. The lowest BCUT2D eigenvalue weighted by molar-refractivity contribution is -0.139. The van der Waals surface area contributed by atoms with E-state index in [0.717, 1.165) is 12.8 Å². The number of amides is 2. The standard InChI is InChI=1S/C13H27N3O3/c1-6-7-8-10(11(17)18)15-12(19)14-9-13(2,3)16(4)5/h10H,6-9H2,1-5H3,(H,17,18)(H2,14,15,19). The van der Waals surface area contributed by atoms with Crippen LogP contribution >= 0.6 is 0 Å². The predicted molar refractivity (Wildman–Crippen MR) is 75.2 cm³/mol. The number of rotatable bonds is 8. The van der Waals surface area contributed by atoms with Crippen molar-refractivity contribution >= 4 is 12.0 Å². The average Bonchev–Trinajstić information content (AvgIpc) is 2.31. The van der Waals surface area contributed by atoms with Gasteiger partial charge in [0.2, 0.25) is 0 Å². The second kappa shape index (κ2) is 7.99. The van der Waals surface area contributed by atoms with Gasteiger partial charge in [0.05, 0.1) is 0 Å². The van der Waals surface area contributed by atoms with Crippen LogP contribution in [0, 0.1) is 0 Å². The van der Waals surface area contributed by atoms with E-state index in [1.54, 1.807) is 0 Å². The molecule has 0 saturated carbocycles. The van der Waals surface area contributed by atoms with Gasteiger partial charge in [-0.05, 0) is 34.4 Å². The zero-order valence-corrected chi connectivity index (χ0v) is 12.6. The summed E-state index contributed by atoms with van der Waals surface area (Å²) < 4.78 is 0. The number of hydrogen-bond acceptors (Lipinski definition) is 3. The summed E-state index contributed by atoms with van der Waals surface area (Å²) in [6.07, 6.45) is 2.14. The minimum absolute atomic E-state index is 0.181. The minimum Gasteiger partial charge on any atom is -0.480 e. The van der Waals surface area contributed by atoms with Gasteiger partial charge in [-0.1, -0.05) is 19.8 Å². The normalized spacial score (nSPS) is 13.2. The molecule has 0 heterocycles. The lowest BCUT2D eigenvalue weighted by Crippen LogP contribution is -2.52. The number of nitrogens with one attached hydrogen (secondary N) is 2. The minimum atomic E-state index is -0.990. The Morgan fingerprint density at radius 3 is 2.32 bits per heavy atom. The van der Waals surface area contributed by atoms with E-state index in [2.05, 4.69) is 10.6 Å². The molecule has 1 unspecified atom stereocenters. The Morgan fingerprint density at radius 1 is 1.32 bits per heavy atom. The van der Waals surface area contributed by atoms with E-state index >= 15 is 0 Å². The van der Waals surface area contributed by atoms with Crippen LogP contribution in [-0.2, 0) is 4.79 Å². The van der Waals surface area contributed by atoms with Gasteiger partial charge in [0, 0.05) is 12.1 Å². The Morgan fingerprint density at radius 2 is 1.89 bits per heavy atom. The molecule has 0 aliphatic carbocycles. The molecule has 112 valence electrons. The molecule has 0 fully saturated rings. The van der Waals surface area contributed by atoms with E-state index in [1.807, 2.05) is 39.8 Å². The summed E-state index contributed by atoms with van der Waals surface area (Å²) in [6.45, 7) is 6.43. The maximum Gasteiger partial charge on any atom is 0.326 e. The number of likely N-dealkylation sites (N-methyl/N-ethyl adjacent to an activating group) is 1. The second-order valence-electron chi connectivity index (χ2n) is 5.57. The Hall–Kier alpha value is -1.30. The molecule has 3 N–H and O–H groups in total. The highest BCUT2D eigenvalue weighted by molar-refractivity contribution is 5.82. The molecule has 0 saturated heterocycles. The summed E-state index contributed by atoms with van der Waals surface area (Å²) in [7, 11) is 3.86. The van der Waals surface area contributed by atoms with Gasteiger partial charge in [-0.25, -0.2) is 9.59 Å². The number of carboxylic acids is 1. The van der Waals surface area contributed by atoms with Crippen molar-refractivity contribution in [3.05, 3.63) is 0 Å². The maximum absolute atomic E-state index is 11.7. The fraction of sp³-hybridized carbons (Fsp3) is 0.846. The fourth-order valence-electron chi connectivity index (χ4n) is 1.33. The third kappa shape index (κ3) is 7.00. The smallest absolute Gasteiger partial charge is 0.326 e. The SMILES string of the molecule is CCCCC(NC(=O)NCC(C)(C)N(C)C)C(=O)O. The summed E-state index contributed by atoms with van der Waals surface area (Å²) in [5, 5.41) is 14.2. The predicted octanol–water partition coefficient (Wildman–Crippen LogP) is 1.27. The molecule has 0 aliphatic rings. The first kappa shape index (κ1) is 17.7. The number of hydrogen-bond donors (Lipinski definition) is 3. The Bertz CT molecular complexity index is 304. The summed E-state index contributed by atoms with van der Waals surface area (Å²) >= 11 is 0. The quantitative estimate of drug-likeness (QED) is 0.622. The van der Waals surface area contributed by atoms with Crippen LogP contribution < -0.4 is 10.6 Å². The van der Waals surface area contributed by atoms with Gasteiger partial charge in [0.1, 0.15) is 6.04 Å². The molecular weight excluding hydrogens is 246 g/mol. The molecule has 2 amide bonds. The van der Waals surface area contributed by atoms with Crippen LogP contribution in [0.3, 0.4) is 0 Å². The number of carbonyl (C=O) groups is 2. The molecule has 0 rings (SSSR count). The van der Waals surface area contributed by atoms with Crippen molar-refractivity contribution in [3.63, 3.8) is 0 Å². The average molecular weight is 273 g/mol. The zero-order valence-electron chi connectivity index (χ0n) is 12.6. The van der Waals surface area contributed by atoms with Crippen LogP contribution in [0.5, 0.6) is 0 Å². The van der Waals surface area contributed by atoms with Gasteiger partial charge in [0.15, 0.2) is 0 Å². The summed E-state index contributed by atoms with van der Waals surface area (Å²) in [6, 6.07) is -1.25. The van der Waals surface area contributed by atoms with E-state index in [1.165, 1.54) is 0 Å². The van der Waals surface area contributed by atoms with Gasteiger partial charge in [-0.2, -0.15) is 0 Å². The van der Waals surface area contributed by atoms with E-state index in [4.69, 9.17) is 5.11 Å². The number of carbonyl (C=O) groups excluding carboxylic acids is 1. The number of carboxylic acid groups (broad SMARTS) is 1. The van der Waals surface area contributed by atoms with Crippen molar-refractivity contribution in [2.24, 2.45) is 0 Å². The fourth-order valence-corrected chi connectivity index (χ4v) is 1.33. The molecule has 19 heavy (non-hydrogen) atoms. The topological polar surface area (TPSA) is 81.7 Å². The summed E-state index contributed by atoms with van der Waals surface area (Å²) in [5.74, 6) is -0.990. The van der Waals surface area contributed by atoms with Crippen molar-refractivity contribution in [2.45, 2.75) is 51.6 Å². The molecule has 0 aromatic rings. The van der Waals surface area contributed by atoms with Gasteiger partial charge < -0.3 is 20.6 Å². The maximum atomic E-state index is 11.7. The van der Waals surface area contributed by atoms with Gasteiger partial charge in [-0.3, -0.25) is 0 Å². The lowest BCUT2D eigenvalue weighted by Gasteiger charge is -2.32. The van der Waals surface area contributed by atoms with Crippen LogP contribution in [0.15, 0.2) is 0 Å². The van der Waals surface area contributed by atoms with Crippen molar-refractivity contribution in [1.29, 1.82) is 0 Å². The molecule has 6 heteroatoms. The van der Waals surface area contributed by atoms with Crippen LogP contribution in [0.25, 0.3) is 0 Å². The molecule has 0 aromatic carbocycles. The molecule has 0 aliphatic heterocycles. The first-order valence-electron chi connectivity index (χ1n) is 6.65. The van der Waals surface area contributed by atoms with Crippen LogP contribution in [0.1, 0.15) is 40.0 Å². The van der Waals surface area contributed by atoms with Crippen LogP contribution in [-0.4, -0.2) is 54.2 Å². The van der Waals surface area contributed by atoms with Gasteiger partial charge in [-0.15, -0.1) is 0 Å². The third-order valence-electron chi connectivity index (χ3n) is 3.34. The monoisotopic (exact) mass is 273 g/mol.